The van der Waals surface area contributed by atoms with E-state index < -0.39 is 51.1 Å². The van der Waals surface area contributed by atoms with Crippen LogP contribution in [0.15, 0.2) is 12.2 Å². The molecule has 4 N–H and O–H groups in total. The van der Waals surface area contributed by atoms with Crippen molar-refractivity contribution in [1.29, 1.82) is 0 Å². The van der Waals surface area contributed by atoms with Crippen molar-refractivity contribution < 1.29 is 47.5 Å². The van der Waals surface area contributed by atoms with Crippen LogP contribution < -0.4 is 5.73 Å². The maximum Gasteiger partial charge on any atom is 0.472 e. The molecule has 0 fully saturated rings. The molecule has 0 aromatic carbocycles. The number of phosphoric acid groups is 1. The third kappa shape index (κ3) is 36.9. The van der Waals surface area contributed by atoms with Crippen molar-refractivity contribution in [2.45, 2.75) is 212 Å². The van der Waals surface area contributed by atoms with Crippen LogP contribution in [-0.2, 0) is 37.5 Å². The highest BCUT2D eigenvalue weighted by atomic mass is 31.2. The second-order valence-electron chi connectivity index (χ2n) is 14.5. The molecule has 0 aromatic rings. The summed E-state index contributed by atoms with van der Waals surface area (Å²) >= 11 is 0. The number of carboxylic acid groups (broad SMARTS) is 1. The van der Waals surface area contributed by atoms with Crippen LogP contribution in [0.25, 0.3) is 0 Å². The van der Waals surface area contributed by atoms with Gasteiger partial charge in [0.2, 0.25) is 0 Å². The lowest BCUT2D eigenvalue weighted by molar-refractivity contribution is -0.161. The lowest BCUT2D eigenvalue weighted by Crippen LogP contribution is -2.34. The Labute approximate surface area is 322 Å². The number of hydrogen-bond acceptors (Lipinski definition) is 9. The zero-order chi connectivity index (χ0) is 39.3. The predicted molar refractivity (Wildman–Crippen MR) is 213 cm³/mol. The Kier molecular flexibility index (Phi) is 35.9. The fourth-order valence-corrected chi connectivity index (χ4v) is 6.66. The van der Waals surface area contributed by atoms with Gasteiger partial charge in [-0.3, -0.25) is 23.4 Å². The van der Waals surface area contributed by atoms with Crippen molar-refractivity contribution in [2.75, 3.05) is 19.8 Å². The molecule has 0 spiro atoms. The molecular formula is C41H78NO10P. The minimum atomic E-state index is -4.71. The van der Waals surface area contributed by atoms with Crippen molar-refractivity contribution in [3.63, 3.8) is 0 Å². The standard InChI is InChI=1S/C41H78NO10P/c1-3-5-7-9-11-13-15-17-18-19-21-22-24-26-28-30-32-39(43)49-34-37(35-50-53(47,48)51-36-38(42)41(45)46)52-40(44)33-31-29-27-25-23-20-16-14-12-10-8-6-4-2/h20,23,37-38H,3-19,21-22,24-36,42H2,1-2H3,(H,45,46)(H,47,48)/b23-20+/t37-,38+/m1/s1. The lowest BCUT2D eigenvalue weighted by Gasteiger charge is -2.20. The summed E-state index contributed by atoms with van der Waals surface area (Å²) in [5, 5.41) is 8.87. The smallest absolute Gasteiger partial charge is 0.472 e. The van der Waals surface area contributed by atoms with Crippen LogP contribution in [0.1, 0.15) is 200 Å². The Balaban J connectivity index is 4.36. The number of phosphoric ester groups is 1. The van der Waals surface area contributed by atoms with Crippen molar-refractivity contribution in [1.82, 2.24) is 0 Å². The zero-order valence-corrected chi connectivity index (χ0v) is 34.5. The first kappa shape index (κ1) is 51.2. The van der Waals surface area contributed by atoms with E-state index in [4.69, 9.17) is 24.8 Å². The Hall–Kier alpha value is -1.78. The van der Waals surface area contributed by atoms with Gasteiger partial charge in [-0.05, 0) is 38.5 Å². The normalized spacial score (nSPS) is 13.9. The van der Waals surface area contributed by atoms with E-state index in [0.29, 0.717) is 12.8 Å². The maximum atomic E-state index is 12.6. The van der Waals surface area contributed by atoms with E-state index in [1.807, 2.05) is 0 Å². The summed E-state index contributed by atoms with van der Waals surface area (Å²) < 4.78 is 32.6. The number of aliphatic carboxylic acids is 1. The summed E-state index contributed by atoms with van der Waals surface area (Å²) in [4.78, 5) is 45.8. The van der Waals surface area contributed by atoms with E-state index in [2.05, 4.69) is 30.5 Å². The first-order valence-electron chi connectivity index (χ1n) is 21.2. The third-order valence-corrected chi connectivity index (χ3v) is 10.2. The number of ether oxygens (including phenoxy) is 2. The van der Waals surface area contributed by atoms with E-state index in [1.165, 1.54) is 116 Å². The van der Waals surface area contributed by atoms with E-state index in [-0.39, 0.29) is 19.4 Å². The first-order valence-corrected chi connectivity index (χ1v) is 22.7. The number of unbranched alkanes of at least 4 members (excludes halogenated alkanes) is 24. The Bertz CT molecular complexity index is 963. The molecular weight excluding hydrogens is 697 g/mol. The summed E-state index contributed by atoms with van der Waals surface area (Å²) in [7, 11) is -4.71. The van der Waals surface area contributed by atoms with Gasteiger partial charge >= 0.3 is 25.7 Å². The monoisotopic (exact) mass is 776 g/mol. The van der Waals surface area contributed by atoms with Gasteiger partial charge in [-0.2, -0.15) is 0 Å². The van der Waals surface area contributed by atoms with Gasteiger partial charge in [0.15, 0.2) is 6.10 Å². The van der Waals surface area contributed by atoms with Gasteiger partial charge in [0.1, 0.15) is 12.6 Å². The van der Waals surface area contributed by atoms with Crippen LogP contribution >= 0.6 is 7.82 Å². The molecule has 0 amide bonds. The number of hydrogen-bond donors (Lipinski definition) is 3. The summed E-state index contributed by atoms with van der Waals surface area (Å²) in [5.74, 6) is -2.39. The SMILES string of the molecule is CCCCCCCC/C=C/CCCCCC(=O)O[C@H](COC(=O)CCCCCCCCCCCCCCCCCC)COP(=O)(O)OC[C@H](N)C(=O)O. The Morgan fingerprint density at radius 3 is 1.40 bits per heavy atom. The maximum absolute atomic E-state index is 12.6. The molecule has 0 rings (SSSR count). The number of carboxylic acids is 1. The van der Waals surface area contributed by atoms with Crippen LogP contribution in [0.2, 0.25) is 0 Å². The van der Waals surface area contributed by atoms with Crippen molar-refractivity contribution in [2.24, 2.45) is 5.73 Å². The summed E-state index contributed by atoms with van der Waals surface area (Å²) in [6.07, 6.45) is 35.6. The summed E-state index contributed by atoms with van der Waals surface area (Å²) in [5.41, 5.74) is 5.32. The largest absolute Gasteiger partial charge is 0.480 e. The van der Waals surface area contributed by atoms with Crippen molar-refractivity contribution >= 4 is 25.7 Å². The molecule has 312 valence electrons. The molecule has 0 saturated carbocycles. The molecule has 3 atom stereocenters. The number of carbonyl (C=O) groups excluding carboxylic acids is 2. The molecule has 11 nitrogen and oxygen atoms in total. The van der Waals surface area contributed by atoms with Crippen LogP contribution in [-0.4, -0.2) is 59.9 Å². The highest BCUT2D eigenvalue weighted by molar-refractivity contribution is 7.47. The molecule has 1 unspecified atom stereocenters. The van der Waals surface area contributed by atoms with Crippen molar-refractivity contribution in [3.8, 4) is 0 Å². The highest BCUT2D eigenvalue weighted by Crippen LogP contribution is 2.43. The van der Waals surface area contributed by atoms with E-state index >= 15 is 0 Å². The molecule has 53 heavy (non-hydrogen) atoms. The fraction of sp³-hybridized carbons (Fsp3) is 0.878. The van der Waals surface area contributed by atoms with Crippen LogP contribution in [0.4, 0.5) is 0 Å². The molecule has 0 aromatic heterocycles. The van der Waals surface area contributed by atoms with Gasteiger partial charge in [0, 0.05) is 12.8 Å². The van der Waals surface area contributed by atoms with Gasteiger partial charge in [-0.25, -0.2) is 4.57 Å². The van der Waals surface area contributed by atoms with Crippen LogP contribution in [0.5, 0.6) is 0 Å². The number of carbonyl (C=O) groups is 3. The molecule has 0 radical (unpaired) electrons. The topological polar surface area (TPSA) is 172 Å². The van der Waals surface area contributed by atoms with Gasteiger partial charge < -0.3 is 25.2 Å². The number of rotatable bonds is 40. The summed E-state index contributed by atoms with van der Waals surface area (Å²) in [6.45, 7) is 2.79. The average molecular weight is 776 g/mol. The van der Waals surface area contributed by atoms with E-state index in [1.54, 1.807) is 0 Å². The molecule has 0 aliphatic rings. The first-order chi connectivity index (χ1) is 25.6. The predicted octanol–water partition coefficient (Wildman–Crippen LogP) is 10.9. The van der Waals surface area contributed by atoms with Crippen LogP contribution in [0.3, 0.4) is 0 Å². The highest BCUT2D eigenvalue weighted by Gasteiger charge is 2.28. The molecule has 0 aliphatic heterocycles. The molecule has 12 heteroatoms. The fourth-order valence-electron chi connectivity index (χ4n) is 5.88. The van der Waals surface area contributed by atoms with Gasteiger partial charge in [0.05, 0.1) is 13.2 Å². The average Bonchev–Trinajstić information content (AvgIpc) is 3.13. The zero-order valence-electron chi connectivity index (χ0n) is 33.6. The van der Waals surface area contributed by atoms with Crippen molar-refractivity contribution in [3.05, 3.63) is 12.2 Å². The minimum absolute atomic E-state index is 0.145. The number of esters is 2. The molecule has 0 heterocycles. The second kappa shape index (κ2) is 37.2. The minimum Gasteiger partial charge on any atom is -0.480 e. The number of allylic oxidation sites excluding steroid dienone is 2. The summed E-state index contributed by atoms with van der Waals surface area (Å²) in [6, 6.07) is -1.52. The lowest BCUT2D eigenvalue weighted by atomic mass is 10.0. The Morgan fingerprint density at radius 1 is 0.566 bits per heavy atom. The second-order valence-corrected chi connectivity index (χ2v) is 15.9. The third-order valence-electron chi connectivity index (χ3n) is 9.26. The van der Waals surface area contributed by atoms with Gasteiger partial charge in [-0.15, -0.1) is 0 Å². The van der Waals surface area contributed by atoms with Gasteiger partial charge in [-0.1, -0.05) is 161 Å². The van der Waals surface area contributed by atoms with E-state index in [0.717, 1.165) is 44.9 Å². The van der Waals surface area contributed by atoms with Crippen LogP contribution in [0, 0.1) is 0 Å². The van der Waals surface area contributed by atoms with Gasteiger partial charge in [0.25, 0.3) is 0 Å². The molecule has 0 saturated heterocycles. The molecule has 0 bridgehead atoms. The Morgan fingerprint density at radius 2 is 0.943 bits per heavy atom. The molecule has 0 aliphatic carbocycles. The quantitative estimate of drug-likeness (QED) is 0.0234. The number of nitrogens with two attached hydrogens (primary N) is 1. The van der Waals surface area contributed by atoms with E-state index in [9.17, 15) is 23.8 Å².